The summed E-state index contributed by atoms with van der Waals surface area (Å²) in [6.45, 7) is 5.87. The van der Waals surface area contributed by atoms with Crippen LogP contribution in [0.4, 0.5) is 0 Å². The summed E-state index contributed by atoms with van der Waals surface area (Å²) >= 11 is 1.30. The highest BCUT2D eigenvalue weighted by Crippen LogP contribution is 2.36. The van der Waals surface area contributed by atoms with E-state index in [1.807, 2.05) is 0 Å². The van der Waals surface area contributed by atoms with E-state index in [-0.39, 0.29) is 12.4 Å². The third-order valence-electron chi connectivity index (χ3n) is 3.23. The molecule has 3 rings (SSSR count). The van der Waals surface area contributed by atoms with Gasteiger partial charge in [0, 0.05) is 11.6 Å². The molecule has 0 fully saturated rings. The Hall–Kier alpha value is -2.86. The Morgan fingerprint density at radius 1 is 1.25 bits per heavy atom. The largest absolute Gasteiger partial charge is 0.460 e. The van der Waals surface area contributed by atoms with Crippen molar-refractivity contribution < 1.29 is 23.8 Å². The van der Waals surface area contributed by atoms with Crippen LogP contribution in [0.1, 0.15) is 22.2 Å². The summed E-state index contributed by atoms with van der Waals surface area (Å²) in [6.07, 6.45) is 1.53. The van der Waals surface area contributed by atoms with Crippen molar-refractivity contribution >= 4 is 28.8 Å². The minimum absolute atomic E-state index is 0.0519. The molecule has 6 heteroatoms. The van der Waals surface area contributed by atoms with E-state index >= 15 is 0 Å². The number of allylic oxidation sites excluding steroid dienone is 2. The summed E-state index contributed by atoms with van der Waals surface area (Å²) in [7, 11) is 0. The first-order valence-corrected chi connectivity index (χ1v) is 8.12. The van der Waals surface area contributed by atoms with E-state index in [0.717, 1.165) is 5.56 Å². The number of hydrogen-bond acceptors (Lipinski definition) is 6. The molecule has 0 radical (unpaired) electrons. The van der Waals surface area contributed by atoms with Gasteiger partial charge in [0.2, 0.25) is 5.76 Å². The molecular weight excluding hydrogens is 328 g/mol. The van der Waals surface area contributed by atoms with E-state index in [9.17, 15) is 9.59 Å². The van der Waals surface area contributed by atoms with Crippen molar-refractivity contribution in [2.24, 2.45) is 0 Å². The fourth-order valence-electron chi connectivity index (χ4n) is 2.15. The van der Waals surface area contributed by atoms with Crippen LogP contribution >= 0.6 is 11.3 Å². The van der Waals surface area contributed by atoms with Crippen molar-refractivity contribution in [3.05, 3.63) is 64.6 Å². The Morgan fingerprint density at radius 2 is 2.08 bits per heavy atom. The molecule has 0 aliphatic carbocycles. The summed E-state index contributed by atoms with van der Waals surface area (Å²) in [5, 5.41) is 1.80. The minimum Gasteiger partial charge on any atom is -0.460 e. The zero-order valence-electron chi connectivity index (χ0n) is 12.9. The van der Waals surface area contributed by atoms with Crippen molar-refractivity contribution in [3.8, 4) is 11.5 Å². The SMILES string of the molecule is C=C1C=C(C(=O)OCC)Oc2cc(OC(=O)c3cccs3)ccc21. The number of benzene rings is 1. The number of esters is 2. The molecule has 24 heavy (non-hydrogen) atoms. The molecule has 0 bridgehead atoms. The van der Waals surface area contributed by atoms with Crippen LogP contribution in [-0.2, 0) is 9.53 Å². The average molecular weight is 342 g/mol. The number of thiophene rings is 1. The van der Waals surface area contributed by atoms with Crippen molar-refractivity contribution in [1.82, 2.24) is 0 Å². The van der Waals surface area contributed by atoms with E-state index in [1.54, 1.807) is 42.6 Å². The average Bonchev–Trinajstić information content (AvgIpc) is 3.09. The van der Waals surface area contributed by atoms with Gasteiger partial charge in [0.15, 0.2) is 0 Å². The van der Waals surface area contributed by atoms with Gasteiger partial charge >= 0.3 is 11.9 Å². The van der Waals surface area contributed by atoms with Gasteiger partial charge in [0.25, 0.3) is 0 Å². The van der Waals surface area contributed by atoms with Gasteiger partial charge < -0.3 is 14.2 Å². The Kier molecular flexibility index (Phi) is 4.48. The molecule has 0 N–H and O–H groups in total. The van der Waals surface area contributed by atoms with Crippen LogP contribution in [0, 0.1) is 0 Å². The van der Waals surface area contributed by atoms with Crippen molar-refractivity contribution in [2.45, 2.75) is 6.92 Å². The Morgan fingerprint density at radius 3 is 2.79 bits per heavy atom. The van der Waals surface area contributed by atoms with Gasteiger partial charge in [0.05, 0.1) is 6.61 Å². The molecule has 0 amide bonds. The zero-order valence-corrected chi connectivity index (χ0v) is 13.7. The molecule has 0 spiro atoms. The van der Waals surface area contributed by atoms with Crippen LogP contribution in [0.5, 0.6) is 11.5 Å². The van der Waals surface area contributed by atoms with Crippen LogP contribution in [-0.4, -0.2) is 18.5 Å². The molecule has 1 aliphatic heterocycles. The summed E-state index contributed by atoms with van der Waals surface area (Å²) in [6, 6.07) is 8.40. The lowest BCUT2D eigenvalue weighted by Gasteiger charge is -2.19. The molecule has 0 unspecified atom stereocenters. The number of ether oxygens (including phenoxy) is 3. The highest BCUT2D eigenvalue weighted by molar-refractivity contribution is 7.12. The third kappa shape index (κ3) is 3.23. The Balaban J connectivity index is 1.82. The summed E-state index contributed by atoms with van der Waals surface area (Å²) in [4.78, 5) is 24.3. The van der Waals surface area contributed by atoms with E-state index in [4.69, 9.17) is 14.2 Å². The maximum Gasteiger partial charge on any atom is 0.374 e. The fourth-order valence-corrected chi connectivity index (χ4v) is 2.75. The fraction of sp³-hybridized carbons (Fsp3) is 0.111. The molecule has 1 aromatic carbocycles. The van der Waals surface area contributed by atoms with Crippen LogP contribution < -0.4 is 9.47 Å². The number of hydrogen-bond donors (Lipinski definition) is 0. The predicted molar refractivity (Wildman–Crippen MR) is 90.1 cm³/mol. The minimum atomic E-state index is -0.565. The summed E-state index contributed by atoms with van der Waals surface area (Å²) in [5.41, 5.74) is 1.34. The van der Waals surface area contributed by atoms with E-state index in [1.165, 1.54) is 17.4 Å². The van der Waals surface area contributed by atoms with E-state index in [0.29, 0.717) is 21.9 Å². The first-order chi connectivity index (χ1) is 11.6. The van der Waals surface area contributed by atoms with Crippen LogP contribution in [0.3, 0.4) is 0 Å². The number of carbonyl (C=O) groups excluding carboxylic acids is 2. The second kappa shape index (κ2) is 6.72. The third-order valence-corrected chi connectivity index (χ3v) is 4.08. The Labute approximate surface area is 142 Å². The molecule has 1 aliphatic rings. The smallest absolute Gasteiger partial charge is 0.374 e. The van der Waals surface area contributed by atoms with Crippen molar-refractivity contribution in [3.63, 3.8) is 0 Å². The highest BCUT2D eigenvalue weighted by Gasteiger charge is 2.22. The van der Waals surface area contributed by atoms with Gasteiger partial charge in [-0.25, -0.2) is 9.59 Å². The van der Waals surface area contributed by atoms with Gasteiger partial charge in [-0.2, -0.15) is 0 Å². The van der Waals surface area contributed by atoms with Crippen molar-refractivity contribution in [2.75, 3.05) is 6.61 Å². The number of rotatable bonds is 4. The number of carbonyl (C=O) groups is 2. The van der Waals surface area contributed by atoms with Gasteiger partial charge in [-0.15, -0.1) is 11.3 Å². The molecule has 5 nitrogen and oxygen atoms in total. The molecule has 2 aromatic rings. The van der Waals surface area contributed by atoms with Gasteiger partial charge in [0.1, 0.15) is 16.4 Å². The quantitative estimate of drug-likeness (QED) is 0.624. The molecule has 0 atom stereocenters. The zero-order chi connectivity index (χ0) is 17.1. The lowest BCUT2D eigenvalue weighted by Crippen LogP contribution is -2.16. The molecule has 1 aromatic heterocycles. The monoisotopic (exact) mass is 342 g/mol. The van der Waals surface area contributed by atoms with Gasteiger partial charge in [-0.1, -0.05) is 12.6 Å². The van der Waals surface area contributed by atoms with Crippen LogP contribution in [0.2, 0.25) is 0 Å². The van der Waals surface area contributed by atoms with Gasteiger partial charge in [-0.05, 0) is 42.2 Å². The summed E-state index contributed by atoms with van der Waals surface area (Å²) < 4.78 is 15.8. The first-order valence-electron chi connectivity index (χ1n) is 7.24. The lowest BCUT2D eigenvalue weighted by atomic mass is 10.0. The van der Waals surface area contributed by atoms with Crippen LogP contribution in [0.15, 0.2) is 54.1 Å². The first kappa shape index (κ1) is 16.0. The van der Waals surface area contributed by atoms with Crippen molar-refractivity contribution in [1.29, 1.82) is 0 Å². The second-order valence-corrected chi connectivity index (χ2v) is 5.83. The highest BCUT2D eigenvalue weighted by atomic mass is 32.1. The van der Waals surface area contributed by atoms with E-state index in [2.05, 4.69) is 6.58 Å². The summed E-state index contributed by atoms with van der Waals surface area (Å²) in [5.74, 6) is -0.241. The van der Waals surface area contributed by atoms with Crippen LogP contribution in [0.25, 0.3) is 5.57 Å². The molecule has 2 heterocycles. The standard InChI is InChI=1S/C18H14O5S/c1-3-21-17(19)15-9-11(2)13-7-6-12(10-14(13)23-15)22-18(20)16-5-4-8-24-16/h4-10H,2-3H2,1H3. The second-order valence-electron chi connectivity index (χ2n) is 4.88. The van der Waals surface area contributed by atoms with Gasteiger partial charge in [-0.3, -0.25) is 0 Å². The topological polar surface area (TPSA) is 61.8 Å². The lowest BCUT2D eigenvalue weighted by molar-refractivity contribution is -0.141. The molecular formula is C18H14O5S. The maximum atomic E-state index is 12.0. The Bertz CT molecular complexity index is 833. The molecule has 122 valence electrons. The maximum absolute atomic E-state index is 12.0. The molecule has 0 saturated carbocycles. The van der Waals surface area contributed by atoms with E-state index < -0.39 is 11.9 Å². The molecule has 0 saturated heterocycles. The predicted octanol–water partition coefficient (Wildman–Crippen LogP) is 3.82. The number of fused-ring (bicyclic) bond motifs is 1. The normalized spacial score (nSPS) is 12.7.